The number of furan rings is 1. The van der Waals surface area contributed by atoms with Crippen molar-refractivity contribution in [1.29, 1.82) is 0 Å². The first-order valence-corrected chi connectivity index (χ1v) is 9.75. The van der Waals surface area contributed by atoms with Crippen molar-refractivity contribution in [3.05, 3.63) is 40.9 Å². The zero-order valence-electron chi connectivity index (χ0n) is 16.6. The summed E-state index contributed by atoms with van der Waals surface area (Å²) in [5.74, 6) is 1.60. The minimum Gasteiger partial charge on any atom is -0.497 e. The van der Waals surface area contributed by atoms with Gasteiger partial charge in [0.1, 0.15) is 17.0 Å². The zero-order chi connectivity index (χ0) is 21.1. The summed E-state index contributed by atoms with van der Waals surface area (Å²) in [6.07, 6.45) is 0. The number of ether oxygens (including phenoxy) is 3. The van der Waals surface area contributed by atoms with Crippen molar-refractivity contribution in [3.63, 3.8) is 0 Å². The lowest BCUT2D eigenvalue weighted by molar-refractivity contribution is 0.0925. The van der Waals surface area contributed by atoms with Gasteiger partial charge in [-0.2, -0.15) is 4.98 Å². The number of aromatic nitrogens is 2. The minimum absolute atomic E-state index is 0.0970. The topological polar surface area (TPSA) is 99.0 Å². The molecule has 10 heteroatoms. The van der Waals surface area contributed by atoms with Crippen LogP contribution in [0.2, 0.25) is 5.28 Å². The molecule has 0 saturated carbocycles. The van der Waals surface area contributed by atoms with E-state index in [9.17, 15) is 4.79 Å². The normalized spacial score (nSPS) is 14.0. The summed E-state index contributed by atoms with van der Waals surface area (Å²) < 4.78 is 21.8. The van der Waals surface area contributed by atoms with Crippen LogP contribution in [0.15, 0.2) is 28.7 Å². The molecule has 1 N–H and O–H groups in total. The van der Waals surface area contributed by atoms with Crippen LogP contribution in [0.3, 0.4) is 0 Å². The van der Waals surface area contributed by atoms with E-state index in [1.54, 1.807) is 32.4 Å². The highest BCUT2D eigenvalue weighted by Crippen LogP contribution is 2.29. The number of fused-ring (bicyclic) bond motifs is 1. The predicted octanol–water partition coefficient (Wildman–Crippen LogP) is 2.66. The quantitative estimate of drug-likeness (QED) is 0.593. The van der Waals surface area contributed by atoms with Gasteiger partial charge in [0.15, 0.2) is 17.2 Å². The third-order valence-electron chi connectivity index (χ3n) is 4.79. The van der Waals surface area contributed by atoms with E-state index in [0.717, 1.165) is 5.56 Å². The highest BCUT2D eigenvalue weighted by molar-refractivity contribution is 6.28. The molecule has 2 aromatic heterocycles. The molecule has 1 saturated heterocycles. The van der Waals surface area contributed by atoms with Crippen LogP contribution in [-0.2, 0) is 11.3 Å². The molecular weight excluding hydrogens is 412 g/mol. The fraction of sp³-hybridized carbons (Fsp3) is 0.350. The van der Waals surface area contributed by atoms with Gasteiger partial charge in [0.2, 0.25) is 5.28 Å². The number of rotatable bonds is 6. The summed E-state index contributed by atoms with van der Waals surface area (Å²) in [7, 11) is 3.15. The van der Waals surface area contributed by atoms with Crippen LogP contribution in [-0.4, -0.2) is 56.4 Å². The molecular formula is C20H21ClN4O5. The van der Waals surface area contributed by atoms with Gasteiger partial charge in [-0.25, -0.2) is 4.98 Å². The summed E-state index contributed by atoms with van der Waals surface area (Å²) in [6, 6.07) is 6.96. The zero-order valence-corrected chi connectivity index (χ0v) is 17.4. The van der Waals surface area contributed by atoms with E-state index < -0.39 is 0 Å². The third kappa shape index (κ3) is 4.12. The number of morpholine rings is 1. The van der Waals surface area contributed by atoms with Crippen LogP contribution in [0.25, 0.3) is 11.1 Å². The van der Waals surface area contributed by atoms with Crippen molar-refractivity contribution in [2.45, 2.75) is 6.54 Å². The maximum Gasteiger partial charge on any atom is 0.287 e. The number of anilines is 1. The third-order valence-corrected chi connectivity index (χ3v) is 4.96. The van der Waals surface area contributed by atoms with Gasteiger partial charge in [0.05, 0.1) is 27.4 Å². The Hall–Kier alpha value is -3.04. The SMILES string of the molecule is COc1ccc(CNC(=O)c2cc3nc(Cl)nc(N4CCOCC4)c3o2)c(OC)c1. The molecule has 0 unspecified atom stereocenters. The van der Waals surface area contributed by atoms with Gasteiger partial charge >= 0.3 is 0 Å². The Balaban J connectivity index is 1.55. The predicted molar refractivity (Wildman–Crippen MR) is 111 cm³/mol. The minimum atomic E-state index is -0.380. The number of hydrogen-bond donors (Lipinski definition) is 1. The Bertz CT molecular complexity index is 1060. The number of carbonyl (C=O) groups excluding carboxylic acids is 1. The second-order valence-electron chi connectivity index (χ2n) is 6.60. The molecule has 9 nitrogen and oxygen atoms in total. The first-order valence-electron chi connectivity index (χ1n) is 9.38. The average molecular weight is 433 g/mol. The van der Waals surface area contributed by atoms with Gasteiger partial charge in [0, 0.05) is 37.3 Å². The number of methoxy groups -OCH3 is 2. The Labute approximate surface area is 177 Å². The van der Waals surface area contributed by atoms with Crippen LogP contribution >= 0.6 is 11.6 Å². The van der Waals surface area contributed by atoms with Crippen molar-refractivity contribution in [2.24, 2.45) is 0 Å². The van der Waals surface area contributed by atoms with E-state index >= 15 is 0 Å². The monoisotopic (exact) mass is 432 g/mol. The van der Waals surface area contributed by atoms with E-state index in [-0.39, 0.29) is 23.5 Å². The van der Waals surface area contributed by atoms with Gasteiger partial charge in [-0.3, -0.25) is 4.79 Å². The van der Waals surface area contributed by atoms with Gasteiger partial charge in [-0.15, -0.1) is 0 Å². The van der Waals surface area contributed by atoms with E-state index in [0.29, 0.717) is 54.7 Å². The van der Waals surface area contributed by atoms with Crippen molar-refractivity contribution in [3.8, 4) is 11.5 Å². The molecule has 158 valence electrons. The van der Waals surface area contributed by atoms with E-state index in [2.05, 4.69) is 15.3 Å². The lowest BCUT2D eigenvalue weighted by Crippen LogP contribution is -2.36. The first-order chi connectivity index (χ1) is 14.6. The van der Waals surface area contributed by atoms with Crippen molar-refractivity contribution in [2.75, 3.05) is 45.4 Å². The van der Waals surface area contributed by atoms with Crippen molar-refractivity contribution < 1.29 is 23.4 Å². The van der Waals surface area contributed by atoms with E-state index in [4.69, 9.17) is 30.2 Å². The molecule has 4 rings (SSSR count). The molecule has 1 aliphatic heterocycles. The smallest absolute Gasteiger partial charge is 0.287 e. The second kappa shape index (κ2) is 8.76. The number of benzene rings is 1. The standard InChI is InChI=1S/C20H21ClN4O5/c1-27-13-4-3-12(15(9-13)28-2)11-22-19(26)16-10-14-17(30-16)18(24-20(21)23-14)25-5-7-29-8-6-25/h3-4,9-10H,5-8,11H2,1-2H3,(H,22,26). The van der Waals surface area contributed by atoms with Gasteiger partial charge in [-0.1, -0.05) is 0 Å². The molecule has 0 bridgehead atoms. The molecule has 0 aliphatic carbocycles. The lowest BCUT2D eigenvalue weighted by atomic mass is 10.2. The van der Waals surface area contributed by atoms with Crippen LogP contribution in [0.4, 0.5) is 5.82 Å². The molecule has 1 aromatic carbocycles. The highest BCUT2D eigenvalue weighted by atomic mass is 35.5. The average Bonchev–Trinajstić information content (AvgIpc) is 3.21. The fourth-order valence-electron chi connectivity index (χ4n) is 3.25. The maximum absolute atomic E-state index is 12.7. The summed E-state index contributed by atoms with van der Waals surface area (Å²) in [4.78, 5) is 23.2. The Morgan fingerprint density at radius 1 is 1.20 bits per heavy atom. The molecule has 3 heterocycles. The molecule has 1 fully saturated rings. The largest absolute Gasteiger partial charge is 0.497 e. The summed E-state index contributed by atoms with van der Waals surface area (Å²) in [6.45, 7) is 2.73. The number of carbonyl (C=O) groups is 1. The summed E-state index contributed by atoms with van der Waals surface area (Å²) in [5.41, 5.74) is 1.71. The Morgan fingerprint density at radius 2 is 2.00 bits per heavy atom. The lowest BCUT2D eigenvalue weighted by Gasteiger charge is -2.27. The molecule has 0 spiro atoms. The molecule has 1 amide bonds. The second-order valence-corrected chi connectivity index (χ2v) is 6.94. The van der Waals surface area contributed by atoms with Crippen molar-refractivity contribution >= 4 is 34.4 Å². The molecule has 0 radical (unpaired) electrons. The van der Waals surface area contributed by atoms with Crippen LogP contribution in [0.5, 0.6) is 11.5 Å². The number of nitrogens with one attached hydrogen (secondary N) is 1. The molecule has 1 aliphatic rings. The van der Waals surface area contributed by atoms with Crippen LogP contribution in [0.1, 0.15) is 16.1 Å². The Morgan fingerprint density at radius 3 is 2.73 bits per heavy atom. The summed E-state index contributed by atoms with van der Waals surface area (Å²) in [5, 5.41) is 2.93. The number of hydrogen-bond acceptors (Lipinski definition) is 8. The Kier molecular flexibility index (Phi) is 5.91. The number of amides is 1. The first kappa shape index (κ1) is 20.2. The maximum atomic E-state index is 12.7. The van der Waals surface area contributed by atoms with E-state index in [1.807, 2.05) is 11.0 Å². The summed E-state index contributed by atoms with van der Waals surface area (Å²) >= 11 is 6.08. The molecule has 0 atom stereocenters. The van der Waals surface area contributed by atoms with Gasteiger partial charge < -0.3 is 28.8 Å². The molecule has 30 heavy (non-hydrogen) atoms. The van der Waals surface area contributed by atoms with Gasteiger partial charge in [0.25, 0.3) is 5.91 Å². The number of halogens is 1. The van der Waals surface area contributed by atoms with Gasteiger partial charge in [-0.05, 0) is 23.7 Å². The number of nitrogens with zero attached hydrogens (tertiary/aromatic N) is 3. The highest BCUT2D eigenvalue weighted by Gasteiger charge is 2.22. The van der Waals surface area contributed by atoms with Crippen LogP contribution < -0.4 is 19.7 Å². The van der Waals surface area contributed by atoms with Crippen LogP contribution in [0, 0.1) is 0 Å². The fourth-order valence-corrected chi connectivity index (χ4v) is 3.42. The molecule has 3 aromatic rings. The van der Waals surface area contributed by atoms with E-state index in [1.165, 1.54) is 0 Å². The van der Waals surface area contributed by atoms with Crippen molar-refractivity contribution in [1.82, 2.24) is 15.3 Å².